The predicted octanol–water partition coefficient (Wildman–Crippen LogP) is 5.70. The minimum absolute atomic E-state index is 0.0259. The predicted molar refractivity (Wildman–Crippen MR) is 152 cm³/mol. The summed E-state index contributed by atoms with van der Waals surface area (Å²) in [6.07, 6.45) is -3.08. The third-order valence-electron chi connectivity index (χ3n) is 6.66. The van der Waals surface area contributed by atoms with Crippen molar-refractivity contribution in [1.82, 2.24) is 14.8 Å². The number of pyridine rings is 1. The molecule has 14 heteroatoms. The van der Waals surface area contributed by atoms with Crippen LogP contribution in [0.1, 0.15) is 15.9 Å². The number of fused-ring (bicyclic) bond motifs is 1. The summed E-state index contributed by atoms with van der Waals surface area (Å²) in [5.74, 6) is -0.316. The van der Waals surface area contributed by atoms with Crippen LogP contribution in [0, 0.1) is 0 Å². The third-order valence-corrected chi connectivity index (χ3v) is 8.40. The van der Waals surface area contributed by atoms with Gasteiger partial charge in [0, 0.05) is 49.0 Å². The van der Waals surface area contributed by atoms with Crippen LogP contribution in [0.15, 0.2) is 83.9 Å². The van der Waals surface area contributed by atoms with Crippen LogP contribution in [0.5, 0.6) is 0 Å². The average molecular weight is 618 g/mol. The Morgan fingerprint density at radius 1 is 0.881 bits per heavy atom. The Morgan fingerprint density at radius 3 is 2.24 bits per heavy atom. The summed E-state index contributed by atoms with van der Waals surface area (Å²) in [5.41, 5.74) is -0.192. The van der Waals surface area contributed by atoms with Gasteiger partial charge in [0.2, 0.25) is 0 Å². The lowest BCUT2D eigenvalue weighted by molar-refractivity contribution is -0.137. The van der Waals surface area contributed by atoms with E-state index in [2.05, 4.69) is 15.0 Å². The van der Waals surface area contributed by atoms with Gasteiger partial charge in [-0.25, -0.2) is 13.2 Å². The van der Waals surface area contributed by atoms with Crippen LogP contribution in [0.4, 0.5) is 29.3 Å². The number of nitrogens with zero attached hydrogens (tertiary/aromatic N) is 3. The molecule has 42 heavy (non-hydrogen) atoms. The second-order valence-corrected chi connectivity index (χ2v) is 11.5. The Kier molecular flexibility index (Phi) is 7.97. The maximum absolute atomic E-state index is 13.0. The number of sulfonamides is 1. The molecule has 1 aromatic heterocycles. The van der Waals surface area contributed by atoms with Gasteiger partial charge in [-0.1, -0.05) is 29.8 Å². The van der Waals surface area contributed by atoms with Crippen LogP contribution in [-0.2, 0) is 16.2 Å². The molecule has 1 aliphatic heterocycles. The Balaban J connectivity index is 1.19. The number of para-hydroxylation sites is 1. The second kappa shape index (κ2) is 11.5. The number of carbonyl (C=O) groups is 2. The van der Waals surface area contributed by atoms with Gasteiger partial charge in [0.05, 0.1) is 21.8 Å². The largest absolute Gasteiger partial charge is 0.416 e. The molecule has 4 aromatic rings. The van der Waals surface area contributed by atoms with Crippen LogP contribution in [-0.4, -0.2) is 61.3 Å². The van der Waals surface area contributed by atoms with E-state index in [-0.39, 0.29) is 53.4 Å². The monoisotopic (exact) mass is 617 g/mol. The zero-order chi connectivity index (χ0) is 30.1. The molecule has 1 saturated heterocycles. The van der Waals surface area contributed by atoms with Crippen LogP contribution < -0.4 is 10.0 Å². The zero-order valence-electron chi connectivity index (χ0n) is 21.7. The van der Waals surface area contributed by atoms with Gasteiger partial charge in [-0.05, 0) is 54.6 Å². The molecule has 3 aromatic carbocycles. The van der Waals surface area contributed by atoms with Crippen molar-refractivity contribution in [2.45, 2.75) is 11.1 Å². The summed E-state index contributed by atoms with van der Waals surface area (Å²) in [6.45, 7) is 0.659. The van der Waals surface area contributed by atoms with Crippen molar-refractivity contribution < 1.29 is 31.2 Å². The molecule has 0 bridgehead atoms. The number of amides is 3. The summed E-state index contributed by atoms with van der Waals surface area (Å²) >= 11 is 5.97. The molecule has 9 nitrogen and oxygen atoms in total. The molecule has 0 unspecified atom stereocenters. The molecule has 3 amide bonds. The molecule has 218 valence electrons. The smallest absolute Gasteiger partial charge is 0.335 e. The topological polar surface area (TPSA) is 112 Å². The lowest BCUT2D eigenvalue weighted by atomic mass is 10.1. The number of benzene rings is 3. The van der Waals surface area contributed by atoms with Gasteiger partial charge in [0.25, 0.3) is 15.9 Å². The molecule has 2 heterocycles. The zero-order valence-corrected chi connectivity index (χ0v) is 23.3. The summed E-state index contributed by atoms with van der Waals surface area (Å²) in [5, 5.41) is 3.05. The highest BCUT2D eigenvalue weighted by molar-refractivity contribution is 7.93. The first kappa shape index (κ1) is 29.1. The van der Waals surface area contributed by atoms with Crippen molar-refractivity contribution in [3.63, 3.8) is 0 Å². The van der Waals surface area contributed by atoms with E-state index >= 15 is 0 Å². The van der Waals surface area contributed by atoms with E-state index in [0.717, 1.165) is 18.2 Å². The number of hydrogen-bond donors (Lipinski definition) is 2. The fourth-order valence-corrected chi connectivity index (χ4v) is 5.87. The Hall–Kier alpha value is -4.36. The number of rotatable bonds is 5. The maximum Gasteiger partial charge on any atom is 0.416 e. The molecular weight excluding hydrogens is 595 g/mol. The number of hydrogen-bond acceptors (Lipinski definition) is 5. The highest BCUT2D eigenvalue weighted by Crippen LogP contribution is 2.34. The molecular formula is C28H23ClF3N5O4S. The number of aromatic nitrogens is 1. The van der Waals surface area contributed by atoms with Crippen LogP contribution in [0.25, 0.3) is 10.9 Å². The van der Waals surface area contributed by atoms with E-state index in [0.29, 0.717) is 16.5 Å². The fraction of sp³-hybridized carbons (Fsp3) is 0.179. The summed E-state index contributed by atoms with van der Waals surface area (Å²) < 4.78 is 67.7. The number of alkyl halides is 3. The normalized spacial score (nSPS) is 14.1. The van der Waals surface area contributed by atoms with Gasteiger partial charge in [-0.3, -0.25) is 14.5 Å². The van der Waals surface area contributed by atoms with E-state index in [1.165, 1.54) is 46.3 Å². The molecule has 2 N–H and O–H groups in total. The number of halogens is 4. The van der Waals surface area contributed by atoms with Crippen molar-refractivity contribution in [3.8, 4) is 0 Å². The fourth-order valence-electron chi connectivity index (χ4n) is 4.47. The molecule has 0 aliphatic carbocycles. The first-order valence-electron chi connectivity index (χ1n) is 12.6. The van der Waals surface area contributed by atoms with Crippen molar-refractivity contribution >= 4 is 55.8 Å². The number of carbonyl (C=O) groups excluding carboxylic acids is 2. The van der Waals surface area contributed by atoms with Gasteiger partial charge in [0.1, 0.15) is 4.90 Å². The standard InChI is InChI=1S/C28H23ClF3N5O4S/c29-22-11-8-20(28(30,31)32)17-23(22)34-27(39)37-15-13-36(14-16-37)26(38)19-6-9-21(10-7-19)35-42(40,41)24-5-1-3-18-4-2-12-33-25(18)24/h1-12,17,35H,13-16H2,(H,34,39). The minimum atomic E-state index is -4.59. The number of anilines is 2. The average Bonchev–Trinajstić information content (AvgIpc) is 2.97. The van der Waals surface area contributed by atoms with Crippen molar-refractivity contribution in [2.75, 3.05) is 36.2 Å². The van der Waals surface area contributed by atoms with Crippen LogP contribution in [0.3, 0.4) is 0 Å². The van der Waals surface area contributed by atoms with Crippen LogP contribution in [0.2, 0.25) is 5.02 Å². The van der Waals surface area contributed by atoms with Gasteiger partial charge in [-0.15, -0.1) is 0 Å². The lowest BCUT2D eigenvalue weighted by Crippen LogP contribution is -2.51. The van der Waals surface area contributed by atoms with E-state index < -0.39 is 27.8 Å². The van der Waals surface area contributed by atoms with E-state index in [4.69, 9.17) is 11.6 Å². The van der Waals surface area contributed by atoms with E-state index in [1.54, 1.807) is 24.3 Å². The molecule has 0 spiro atoms. The van der Waals surface area contributed by atoms with Gasteiger partial charge in [-0.2, -0.15) is 13.2 Å². The molecule has 0 radical (unpaired) electrons. The number of urea groups is 1. The third kappa shape index (κ3) is 6.26. The first-order chi connectivity index (χ1) is 19.9. The van der Waals surface area contributed by atoms with E-state index in [9.17, 15) is 31.2 Å². The van der Waals surface area contributed by atoms with Gasteiger partial charge < -0.3 is 15.1 Å². The summed E-state index contributed by atoms with van der Waals surface area (Å²) in [6, 6.07) is 16.3. The van der Waals surface area contributed by atoms with Crippen LogP contribution >= 0.6 is 11.6 Å². The molecule has 0 saturated carbocycles. The number of nitrogens with one attached hydrogen (secondary N) is 2. The SMILES string of the molecule is O=C(Nc1cc(C(F)(F)F)ccc1Cl)N1CCN(C(=O)c2ccc(NS(=O)(=O)c3cccc4cccnc34)cc2)CC1. The van der Waals surface area contributed by atoms with Gasteiger partial charge in [0.15, 0.2) is 0 Å². The highest BCUT2D eigenvalue weighted by atomic mass is 35.5. The quantitative estimate of drug-likeness (QED) is 0.299. The summed E-state index contributed by atoms with van der Waals surface area (Å²) in [7, 11) is -3.96. The van der Waals surface area contributed by atoms with Gasteiger partial charge >= 0.3 is 12.2 Å². The first-order valence-corrected chi connectivity index (χ1v) is 14.5. The minimum Gasteiger partial charge on any atom is -0.335 e. The second-order valence-electron chi connectivity index (χ2n) is 9.42. The van der Waals surface area contributed by atoms with Crippen molar-refractivity contribution in [1.29, 1.82) is 0 Å². The molecule has 1 aliphatic rings. The maximum atomic E-state index is 13.0. The molecule has 5 rings (SSSR count). The highest BCUT2D eigenvalue weighted by Gasteiger charge is 2.32. The molecule has 0 atom stereocenters. The Bertz CT molecular complexity index is 1750. The lowest BCUT2D eigenvalue weighted by Gasteiger charge is -2.34. The summed E-state index contributed by atoms with van der Waals surface area (Å²) in [4.78, 5) is 32.8. The Morgan fingerprint density at radius 2 is 1.55 bits per heavy atom. The Labute approximate surface area is 243 Å². The number of piperazine rings is 1. The van der Waals surface area contributed by atoms with Crippen molar-refractivity contribution in [3.05, 3.63) is 95.1 Å². The van der Waals surface area contributed by atoms with E-state index in [1.807, 2.05) is 0 Å². The van der Waals surface area contributed by atoms with Crippen molar-refractivity contribution in [2.24, 2.45) is 0 Å². The molecule has 1 fully saturated rings.